The van der Waals surface area contributed by atoms with Crippen LogP contribution in [-0.4, -0.2) is 27.8 Å². The molecule has 0 spiro atoms. The highest BCUT2D eigenvalue weighted by Gasteiger charge is 2.32. The van der Waals surface area contributed by atoms with Crippen molar-refractivity contribution in [2.24, 2.45) is 0 Å². The third-order valence-electron chi connectivity index (χ3n) is 4.77. The number of carbonyl (C=O) groups excluding carboxylic acids is 2. The number of nitrogens with zero attached hydrogens (tertiary/aromatic N) is 3. The highest BCUT2D eigenvalue weighted by atomic mass is 127. The van der Waals surface area contributed by atoms with E-state index in [0.717, 1.165) is 30.3 Å². The summed E-state index contributed by atoms with van der Waals surface area (Å²) in [7, 11) is 0. The second-order valence-corrected chi connectivity index (χ2v) is 6.31. The first kappa shape index (κ1) is 18.6. The van der Waals surface area contributed by atoms with Crippen molar-refractivity contribution < 1.29 is 38.1 Å². The number of amides is 2. The summed E-state index contributed by atoms with van der Waals surface area (Å²) < 4.78 is 4.17. The van der Waals surface area contributed by atoms with Gasteiger partial charge in [-0.2, -0.15) is 0 Å². The molecule has 0 N–H and O–H groups in total. The number of hydrogen-bond donors (Lipinski definition) is 0. The van der Waals surface area contributed by atoms with Gasteiger partial charge in [-0.3, -0.25) is 14.5 Å². The molecule has 4 rings (SSSR count). The Kier molecular flexibility index (Phi) is 5.41. The second kappa shape index (κ2) is 7.57. The quantitative estimate of drug-likeness (QED) is 0.296. The zero-order valence-corrected chi connectivity index (χ0v) is 16.7. The van der Waals surface area contributed by atoms with Gasteiger partial charge in [0, 0.05) is 29.5 Å². The van der Waals surface area contributed by atoms with Gasteiger partial charge in [-0.15, -0.1) is 0 Å². The van der Waals surface area contributed by atoms with E-state index in [9.17, 15) is 9.59 Å². The second-order valence-electron chi connectivity index (χ2n) is 6.31. The maximum atomic E-state index is 12.8. The molecule has 2 aromatic carbocycles. The summed E-state index contributed by atoms with van der Waals surface area (Å²) in [6, 6.07) is 11.2. The minimum absolute atomic E-state index is 0. The maximum Gasteiger partial charge on any atom is 0.261 e. The average Bonchev–Trinajstić information content (AvgIpc) is 3.10. The molecule has 0 radical (unpaired) electrons. The van der Waals surface area contributed by atoms with Crippen LogP contribution in [0.3, 0.4) is 0 Å². The molecule has 0 saturated carbocycles. The molecule has 0 atom stereocenters. The Morgan fingerprint density at radius 2 is 1.65 bits per heavy atom. The largest absolute Gasteiger partial charge is 1.00 e. The number of carbonyl (C=O) groups is 2. The van der Waals surface area contributed by atoms with Crippen LogP contribution >= 0.6 is 0 Å². The topological polar surface area (TPSA) is 46.2 Å². The van der Waals surface area contributed by atoms with E-state index in [0.29, 0.717) is 17.7 Å². The van der Waals surface area contributed by atoms with Crippen LogP contribution in [0.15, 0.2) is 55.1 Å². The van der Waals surface area contributed by atoms with Gasteiger partial charge in [0.15, 0.2) is 0 Å². The first-order chi connectivity index (χ1) is 12.2. The van der Waals surface area contributed by atoms with Gasteiger partial charge in [-0.1, -0.05) is 24.3 Å². The Balaban J connectivity index is 0.00000196. The zero-order chi connectivity index (χ0) is 17.4. The molecule has 3 aromatic rings. The number of benzene rings is 2. The number of hydrogen-bond acceptors (Lipinski definition) is 2. The molecule has 2 heterocycles. The van der Waals surface area contributed by atoms with Crippen molar-refractivity contribution in [1.29, 1.82) is 0 Å². The third kappa shape index (κ3) is 3.13. The van der Waals surface area contributed by atoms with Gasteiger partial charge in [-0.05, 0) is 24.4 Å². The number of imidazole rings is 1. The van der Waals surface area contributed by atoms with E-state index in [1.807, 2.05) is 55.1 Å². The Bertz CT molecular complexity index is 929. The smallest absolute Gasteiger partial charge is 0.261 e. The van der Waals surface area contributed by atoms with Crippen LogP contribution < -0.4 is 28.5 Å². The lowest BCUT2D eigenvalue weighted by molar-refractivity contribution is -0.696. The Hall–Kier alpha value is -2.22. The van der Waals surface area contributed by atoms with Crippen LogP contribution in [0.5, 0.6) is 0 Å². The van der Waals surface area contributed by atoms with Crippen LogP contribution in [0.4, 0.5) is 0 Å². The molecule has 1 aromatic heterocycles. The first-order valence-electron chi connectivity index (χ1n) is 8.62. The molecule has 5 nitrogen and oxygen atoms in total. The van der Waals surface area contributed by atoms with E-state index in [-0.39, 0.29) is 35.8 Å². The number of rotatable bonds is 5. The molecule has 1 aliphatic heterocycles. The van der Waals surface area contributed by atoms with Crippen molar-refractivity contribution in [3.8, 4) is 0 Å². The van der Waals surface area contributed by atoms with E-state index >= 15 is 0 Å². The molecular formula is C20H20IN3O2. The summed E-state index contributed by atoms with van der Waals surface area (Å²) in [5, 5.41) is 1.72. The summed E-state index contributed by atoms with van der Waals surface area (Å²) >= 11 is 0. The van der Waals surface area contributed by atoms with Crippen molar-refractivity contribution in [2.75, 3.05) is 6.54 Å². The minimum Gasteiger partial charge on any atom is -1.00 e. The minimum atomic E-state index is -0.189. The maximum absolute atomic E-state index is 12.8. The van der Waals surface area contributed by atoms with Crippen molar-refractivity contribution >= 4 is 22.6 Å². The fourth-order valence-electron chi connectivity index (χ4n) is 3.45. The van der Waals surface area contributed by atoms with Gasteiger partial charge in [0.2, 0.25) is 6.33 Å². The summed E-state index contributed by atoms with van der Waals surface area (Å²) in [5.41, 5.74) is 1.25. The molecule has 134 valence electrons. The predicted octanol–water partition coefficient (Wildman–Crippen LogP) is -0.361. The molecule has 6 heteroatoms. The van der Waals surface area contributed by atoms with E-state index in [1.54, 1.807) is 0 Å². The first-order valence-corrected chi connectivity index (χ1v) is 8.62. The predicted molar refractivity (Wildman–Crippen MR) is 94.2 cm³/mol. The fourth-order valence-corrected chi connectivity index (χ4v) is 3.45. The molecule has 0 saturated heterocycles. The summed E-state index contributed by atoms with van der Waals surface area (Å²) in [6.07, 6.45) is 6.80. The van der Waals surface area contributed by atoms with Gasteiger partial charge in [-0.25, -0.2) is 9.13 Å². The highest BCUT2D eigenvalue weighted by molar-refractivity contribution is 6.25. The standard InChI is InChI=1S/C20H20N3O2.HI/c1-2-21-12-13-22(14-21)10-5-11-23-19(24)16-8-3-6-15-7-4-9-17(18(15)16)20(23)25;/h3-4,6-9,12-14H,2,5,10-11H2,1H3;1H/q+1;/p-1. The van der Waals surface area contributed by atoms with Crippen molar-refractivity contribution in [2.45, 2.75) is 26.4 Å². The third-order valence-corrected chi connectivity index (χ3v) is 4.77. The van der Waals surface area contributed by atoms with Gasteiger partial charge < -0.3 is 24.0 Å². The lowest BCUT2D eigenvalue weighted by Crippen LogP contribution is -3.00. The molecule has 0 fully saturated rings. The zero-order valence-electron chi connectivity index (χ0n) is 14.6. The summed E-state index contributed by atoms with van der Waals surface area (Å²) in [4.78, 5) is 27.0. The van der Waals surface area contributed by atoms with Crippen molar-refractivity contribution in [3.63, 3.8) is 0 Å². The lowest BCUT2D eigenvalue weighted by Gasteiger charge is -2.26. The molecule has 1 aliphatic rings. The molecule has 0 bridgehead atoms. The Morgan fingerprint density at radius 3 is 2.23 bits per heavy atom. The molecule has 0 aliphatic carbocycles. The van der Waals surface area contributed by atoms with E-state index in [4.69, 9.17) is 0 Å². The lowest BCUT2D eigenvalue weighted by atomic mass is 9.94. The molecule has 26 heavy (non-hydrogen) atoms. The van der Waals surface area contributed by atoms with Gasteiger partial charge in [0.05, 0.1) is 13.1 Å². The van der Waals surface area contributed by atoms with Gasteiger partial charge in [0.1, 0.15) is 12.4 Å². The number of halogens is 1. The molecular weight excluding hydrogens is 441 g/mol. The van der Waals surface area contributed by atoms with Crippen LogP contribution in [0.2, 0.25) is 0 Å². The average molecular weight is 461 g/mol. The SMILES string of the molecule is CCn1cc[n+](CCCN2C(=O)c3cccc4cccc(c34)C2=O)c1.[I-]. The van der Waals surface area contributed by atoms with Gasteiger partial charge in [0.25, 0.3) is 11.8 Å². The van der Waals surface area contributed by atoms with Crippen LogP contribution in [0.25, 0.3) is 10.8 Å². The van der Waals surface area contributed by atoms with Crippen molar-refractivity contribution in [1.82, 2.24) is 9.47 Å². The fraction of sp³-hybridized carbons (Fsp3) is 0.250. The molecule has 0 unspecified atom stereocenters. The Morgan fingerprint density at radius 1 is 1.00 bits per heavy atom. The highest BCUT2D eigenvalue weighted by Crippen LogP contribution is 2.29. The monoisotopic (exact) mass is 461 g/mol. The van der Waals surface area contributed by atoms with Crippen LogP contribution in [-0.2, 0) is 13.1 Å². The number of aryl methyl sites for hydroxylation is 2. The van der Waals surface area contributed by atoms with E-state index in [1.165, 1.54) is 4.90 Å². The van der Waals surface area contributed by atoms with E-state index in [2.05, 4.69) is 16.1 Å². The van der Waals surface area contributed by atoms with Crippen LogP contribution in [0.1, 0.15) is 34.1 Å². The van der Waals surface area contributed by atoms with Crippen LogP contribution in [0, 0.1) is 0 Å². The normalized spacial score (nSPS) is 13.2. The Labute approximate surface area is 169 Å². The van der Waals surface area contributed by atoms with Crippen molar-refractivity contribution in [3.05, 3.63) is 66.2 Å². The van der Waals surface area contributed by atoms with Gasteiger partial charge >= 0.3 is 0 Å². The summed E-state index contributed by atoms with van der Waals surface area (Å²) in [5.74, 6) is -0.379. The van der Waals surface area contributed by atoms with E-state index < -0.39 is 0 Å². The summed E-state index contributed by atoms with van der Waals surface area (Å²) in [6.45, 7) is 4.22. The number of imide groups is 1. The number of aromatic nitrogens is 2. The molecule has 2 amide bonds.